The zero-order valence-corrected chi connectivity index (χ0v) is 19.5. The van der Waals surface area contributed by atoms with Crippen molar-refractivity contribution >= 4 is 33.4 Å². The van der Waals surface area contributed by atoms with Gasteiger partial charge >= 0.3 is 0 Å². The lowest BCUT2D eigenvalue weighted by Crippen LogP contribution is -1.97. The second-order valence-corrected chi connectivity index (χ2v) is 9.17. The van der Waals surface area contributed by atoms with Gasteiger partial charge in [-0.25, -0.2) is 4.98 Å². The predicted octanol–water partition coefficient (Wildman–Crippen LogP) is 7.14. The summed E-state index contributed by atoms with van der Waals surface area (Å²) >= 11 is 1.71. The first-order valence-electron chi connectivity index (χ1n) is 11.2. The maximum atomic E-state index is 4.91. The highest BCUT2D eigenvalue weighted by Gasteiger charge is 2.16. The van der Waals surface area contributed by atoms with E-state index in [0.717, 1.165) is 44.5 Å². The summed E-state index contributed by atoms with van der Waals surface area (Å²) in [6.45, 7) is 0. The van der Waals surface area contributed by atoms with Gasteiger partial charge in [-0.3, -0.25) is 0 Å². The van der Waals surface area contributed by atoms with Crippen molar-refractivity contribution in [1.82, 2.24) is 19.7 Å². The molecule has 6 aromatic rings. The van der Waals surface area contributed by atoms with E-state index in [2.05, 4.69) is 87.6 Å². The lowest BCUT2D eigenvalue weighted by atomic mass is 10.0. The molecular weight excluding hydrogens is 436 g/mol. The lowest BCUT2D eigenvalue weighted by molar-refractivity contribution is 0.794. The smallest absolute Gasteiger partial charge is 0.191 e. The first-order valence-corrected chi connectivity index (χ1v) is 12.2. The average molecular weight is 459 g/mol. The Labute approximate surface area is 202 Å². The molecule has 0 spiro atoms. The maximum absolute atomic E-state index is 4.91. The molecule has 0 saturated carbocycles. The quantitative estimate of drug-likeness (QED) is 0.258. The van der Waals surface area contributed by atoms with Gasteiger partial charge in [0.1, 0.15) is 0 Å². The van der Waals surface area contributed by atoms with Crippen molar-refractivity contribution in [2.75, 3.05) is 0 Å². The number of fused-ring (bicyclic) bond motifs is 2. The van der Waals surface area contributed by atoms with Gasteiger partial charge in [-0.05, 0) is 28.5 Å². The number of pyridine rings is 1. The van der Waals surface area contributed by atoms with Gasteiger partial charge < -0.3 is 4.57 Å². The minimum Gasteiger partial charge on any atom is -0.305 e. The van der Waals surface area contributed by atoms with Crippen molar-refractivity contribution in [1.29, 1.82) is 0 Å². The van der Waals surface area contributed by atoms with Gasteiger partial charge in [-0.2, -0.15) is 0 Å². The number of para-hydroxylation sites is 1. The maximum Gasteiger partial charge on any atom is 0.191 e. The Bertz CT molecular complexity index is 1620. The van der Waals surface area contributed by atoms with E-state index >= 15 is 0 Å². The van der Waals surface area contributed by atoms with E-state index < -0.39 is 0 Å². The summed E-state index contributed by atoms with van der Waals surface area (Å²) in [5.74, 6) is 1.68. The number of nitrogens with zero attached hydrogens (tertiary/aromatic N) is 4. The van der Waals surface area contributed by atoms with E-state index in [1.165, 1.54) is 16.3 Å². The number of thioether (sulfide) groups is 1. The molecule has 0 N–H and O–H groups in total. The van der Waals surface area contributed by atoms with Crippen LogP contribution in [0, 0.1) is 0 Å². The van der Waals surface area contributed by atoms with Gasteiger partial charge in [-0.15, -0.1) is 10.2 Å². The first kappa shape index (κ1) is 20.6. The molecular formula is C29H22N4S. The summed E-state index contributed by atoms with van der Waals surface area (Å²) < 4.78 is 2.09. The van der Waals surface area contributed by atoms with Crippen LogP contribution in [0.5, 0.6) is 0 Å². The molecule has 2 aromatic heterocycles. The van der Waals surface area contributed by atoms with Gasteiger partial charge in [0, 0.05) is 29.3 Å². The standard InChI is InChI=1S/C29H22N4S/c1-33-28(31-32-29(33)34-19-22-14-9-13-20-10-5-6-15-23(20)22)25-18-27(21-11-3-2-4-12-21)30-26-17-8-7-16-24(25)26/h2-18H,19H2,1H3. The molecule has 2 heterocycles. The molecule has 0 radical (unpaired) electrons. The van der Waals surface area contributed by atoms with Crippen LogP contribution >= 0.6 is 11.8 Å². The molecule has 0 fully saturated rings. The Morgan fingerprint density at radius 1 is 0.735 bits per heavy atom. The highest BCUT2D eigenvalue weighted by Crippen LogP contribution is 2.33. The number of aromatic nitrogens is 4. The molecule has 0 atom stereocenters. The fourth-order valence-electron chi connectivity index (χ4n) is 4.35. The molecule has 0 aliphatic rings. The van der Waals surface area contributed by atoms with Crippen LogP contribution in [0.1, 0.15) is 5.56 Å². The molecule has 0 aliphatic carbocycles. The number of benzene rings is 4. The Balaban J connectivity index is 1.39. The number of hydrogen-bond donors (Lipinski definition) is 0. The van der Waals surface area contributed by atoms with Crippen LogP contribution in [0.2, 0.25) is 0 Å². The third kappa shape index (κ3) is 3.74. The van der Waals surface area contributed by atoms with Crippen LogP contribution < -0.4 is 0 Å². The predicted molar refractivity (Wildman–Crippen MR) is 141 cm³/mol. The van der Waals surface area contributed by atoms with Gasteiger partial charge in [0.25, 0.3) is 0 Å². The molecule has 34 heavy (non-hydrogen) atoms. The third-order valence-electron chi connectivity index (χ3n) is 6.10. The molecule has 164 valence electrons. The lowest BCUT2D eigenvalue weighted by Gasteiger charge is -2.10. The fraction of sp³-hybridized carbons (Fsp3) is 0.0690. The van der Waals surface area contributed by atoms with Crippen molar-refractivity contribution in [3.05, 3.63) is 109 Å². The molecule has 5 heteroatoms. The molecule has 4 nitrogen and oxygen atoms in total. The van der Waals surface area contributed by atoms with E-state index in [0.29, 0.717) is 0 Å². The zero-order valence-electron chi connectivity index (χ0n) is 18.7. The van der Waals surface area contributed by atoms with Gasteiger partial charge in [0.15, 0.2) is 11.0 Å². The molecule has 0 amide bonds. The van der Waals surface area contributed by atoms with Crippen LogP contribution in [0.15, 0.2) is 108 Å². The highest BCUT2D eigenvalue weighted by atomic mass is 32.2. The molecule has 6 rings (SSSR count). The summed E-state index contributed by atoms with van der Waals surface area (Å²) in [5.41, 5.74) is 5.31. The van der Waals surface area contributed by atoms with E-state index in [9.17, 15) is 0 Å². The van der Waals surface area contributed by atoms with Gasteiger partial charge in [0.05, 0.1) is 11.2 Å². The Kier molecular flexibility index (Phi) is 5.32. The van der Waals surface area contributed by atoms with E-state index in [1.807, 2.05) is 37.4 Å². The summed E-state index contributed by atoms with van der Waals surface area (Å²) in [4.78, 5) is 4.91. The largest absolute Gasteiger partial charge is 0.305 e. The fourth-order valence-corrected chi connectivity index (χ4v) is 5.27. The first-order chi connectivity index (χ1) is 16.8. The van der Waals surface area contributed by atoms with Crippen molar-refractivity contribution in [2.45, 2.75) is 10.9 Å². The Morgan fingerprint density at radius 3 is 2.35 bits per heavy atom. The summed E-state index contributed by atoms with van der Waals surface area (Å²) in [6.07, 6.45) is 0. The van der Waals surface area contributed by atoms with Crippen molar-refractivity contribution < 1.29 is 0 Å². The minimum absolute atomic E-state index is 0.833. The number of rotatable bonds is 5. The average Bonchev–Trinajstić information content (AvgIpc) is 3.27. The zero-order chi connectivity index (χ0) is 22.9. The highest BCUT2D eigenvalue weighted by molar-refractivity contribution is 7.98. The van der Waals surface area contributed by atoms with Crippen LogP contribution in [0.3, 0.4) is 0 Å². The number of hydrogen-bond acceptors (Lipinski definition) is 4. The molecule has 0 aliphatic heterocycles. The second-order valence-electron chi connectivity index (χ2n) is 8.23. The van der Waals surface area contributed by atoms with E-state index in [-0.39, 0.29) is 0 Å². The van der Waals surface area contributed by atoms with E-state index in [4.69, 9.17) is 4.98 Å². The van der Waals surface area contributed by atoms with Gasteiger partial charge in [-0.1, -0.05) is 103 Å². The van der Waals surface area contributed by atoms with Crippen molar-refractivity contribution in [3.63, 3.8) is 0 Å². The third-order valence-corrected chi connectivity index (χ3v) is 7.17. The SMILES string of the molecule is Cn1c(SCc2cccc3ccccc23)nnc1-c1cc(-c2ccccc2)nc2ccccc12. The molecule has 4 aromatic carbocycles. The van der Waals surface area contributed by atoms with Crippen LogP contribution in [0.4, 0.5) is 0 Å². The molecule has 0 bridgehead atoms. The monoisotopic (exact) mass is 458 g/mol. The second kappa shape index (κ2) is 8.76. The molecule has 0 saturated heterocycles. The minimum atomic E-state index is 0.833. The Morgan fingerprint density at radius 2 is 1.47 bits per heavy atom. The summed E-state index contributed by atoms with van der Waals surface area (Å²) in [7, 11) is 2.04. The van der Waals surface area contributed by atoms with Crippen LogP contribution in [-0.2, 0) is 12.8 Å². The van der Waals surface area contributed by atoms with Crippen molar-refractivity contribution in [2.24, 2.45) is 7.05 Å². The van der Waals surface area contributed by atoms with Crippen LogP contribution in [0.25, 0.3) is 44.3 Å². The summed E-state index contributed by atoms with van der Waals surface area (Å²) in [5, 5.41) is 13.7. The van der Waals surface area contributed by atoms with Gasteiger partial charge in [0.2, 0.25) is 0 Å². The molecule has 0 unspecified atom stereocenters. The van der Waals surface area contributed by atoms with E-state index in [1.54, 1.807) is 11.8 Å². The topological polar surface area (TPSA) is 43.6 Å². The Hall–Kier alpha value is -3.96. The van der Waals surface area contributed by atoms with Crippen molar-refractivity contribution in [3.8, 4) is 22.6 Å². The normalized spacial score (nSPS) is 11.3. The van der Waals surface area contributed by atoms with Crippen LogP contribution in [-0.4, -0.2) is 19.7 Å². The summed E-state index contributed by atoms with van der Waals surface area (Å²) in [6, 6.07) is 35.6.